The van der Waals surface area contributed by atoms with Gasteiger partial charge in [-0.3, -0.25) is 9.69 Å². The first kappa shape index (κ1) is 15.5. The van der Waals surface area contributed by atoms with Crippen LogP contribution in [0.5, 0.6) is 0 Å². The summed E-state index contributed by atoms with van der Waals surface area (Å²) in [6.07, 6.45) is 2.49. The Morgan fingerprint density at radius 3 is 2.92 bits per heavy atom. The topological polar surface area (TPSA) is 65.4 Å². The Morgan fingerprint density at radius 2 is 2.16 bits per heavy atom. The smallest absolute Gasteiger partial charge is 0.294 e. The zero-order valence-electron chi connectivity index (χ0n) is 14.0. The SMILES string of the molecule is CN1C[C@H]2CC[C@@H]1CN2Cc1nc2c(oc3ccc(Br)cc32)c(=O)[nH]1. The molecule has 25 heavy (non-hydrogen) atoms. The first-order chi connectivity index (χ1) is 12.1. The summed E-state index contributed by atoms with van der Waals surface area (Å²) in [5, 5.41) is 0.872. The number of benzene rings is 1. The summed E-state index contributed by atoms with van der Waals surface area (Å²) in [7, 11) is 2.20. The highest BCUT2D eigenvalue weighted by Gasteiger charge is 2.37. The molecule has 5 heterocycles. The van der Waals surface area contributed by atoms with Gasteiger partial charge >= 0.3 is 0 Å². The van der Waals surface area contributed by atoms with E-state index in [1.807, 2.05) is 18.2 Å². The van der Waals surface area contributed by atoms with Gasteiger partial charge in [0.05, 0.1) is 6.54 Å². The average molecular weight is 403 g/mol. The lowest BCUT2D eigenvalue weighted by Crippen LogP contribution is -2.60. The van der Waals surface area contributed by atoms with Gasteiger partial charge in [-0.15, -0.1) is 0 Å². The standard InChI is InChI=1S/C18H19BrN4O2/c1-22-7-12-4-3-11(22)8-23(12)9-15-20-16-13-6-10(19)2-5-14(13)25-17(16)18(24)21-15/h2,5-6,11-12H,3-4,7-9H2,1H3,(H,20,21,24)/t11-,12-/m1/s1. The fraction of sp³-hybridized carbons (Fsp3) is 0.444. The van der Waals surface area contributed by atoms with E-state index in [-0.39, 0.29) is 5.56 Å². The van der Waals surface area contributed by atoms with E-state index in [4.69, 9.17) is 9.40 Å². The predicted octanol–water partition coefficient (Wildman–Crippen LogP) is 2.71. The van der Waals surface area contributed by atoms with Crippen LogP contribution in [0.4, 0.5) is 0 Å². The Morgan fingerprint density at radius 1 is 1.32 bits per heavy atom. The van der Waals surface area contributed by atoms with Crippen molar-refractivity contribution in [3.63, 3.8) is 0 Å². The Balaban J connectivity index is 1.55. The molecule has 2 bridgehead atoms. The molecule has 0 amide bonds. The number of hydrogen-bond acceptors (Lipinski definition) is 5. The van der Waals surface area contributed by atoms with Gasteiger partial charge in [-0.05, 0) is 38.1 Å². The molecule has 0 radical (unpaired) electrons. The molecule has 0 spiro atoms. The molecule has 1 N–H and O–H groups in total. The van der Waals surface area contributed by atoms with Crippen molar-refractivity contribution in [2.24, 2.45) is 0 Å². The van der Waals surface area contributed by atoms with E-state index >= 15 is 0 Å². The highest BCUT2D eigenvalue weighted by molar-refractivity contribution is 9.10. The molecule has 2 aromatic heterocycles. The Hall–Kier alpha value is -1.70. The predicted molar refractivity (Wildman–Crippen MR) is 99.7 cm³/mol. The molecule has 7 heteroatoms. The molecule has 2 atom stereocenters. The molecule has 3 aromatic rings. The van der Waals surface area contributed by atoms with Crippen molar-refractivity contribution in [2.75, 3.05) is 20.1 Å². The van der Waals surface area contributed by atoms with Gasteiger partial charge in [0.1, 0.15) is 16.9 Å². The van der Waals surface area contributed by atoms with E-state index in [0.29, 0.717) is 35.3 Å². The largest absolute Gasteiger partial charge is 0.449 e. The maximum Gasteiger partial charge on any atom is 0.294 e. The highest BCUT2D eigenvalue weighted by atomic mass is 79.9. The van der Waals surface area contributed by atoms with Crippen molar-refractivity contribution in [2.45, 2.75) is 31.5 Å². The maximum absolute atomic E-state index is 12.5. The first-order valence-corrected chi connectivity index (χ1v) is 9.43. The molecule has 130 valence electrons. The van der Waals surface area contributed by atoms with Gasteiger partial charge in [-0.2, -0.15) is 0 Å². The van der Waals surface area contributed by atoms with E-state index in [2.05, 4.69) is 37.8 Å². The van der Waals surface area contributed by atoms with Crippen LogP contribution in [-0.4, -0.2) is 52.0 Å². The molecule has 6 rings (SSSR count). The summed E-state index contributed by atoms with van der Waals surface area (Å²) in [5.74, 6) is 0.718. The number of nitrogens with one attached hydrogen (secondary N) is 1. The Kier molecular flexibility index (Phi) is 3.52. The van der Waals surface area contributed by atoms with Crippen LogP contribution in [0.2, 0.25) is 0 Å². The highest BCUT2D eigenvalue weighted by Crippen LogP contribution is 2.30. The van der Waals surface area contributed by atoms with Gasteiger partial charge in [0.15, 0.2) is 0 Å². The fourth-order valence-corrected chi connectivity index (χ4v) is 4.62. The quantitative estimate of drug-likeness (QED) is 0.713. The number of furan rings is 1. The van der Waals surface area contributed by atoms with E-state index in [1.54, 1.807) is 0 Å². The minimum absolute atomic E-state index is 0.202. The van der Waals surface area contributed by atoms with Gasteiger partial charge in [0, 0.05) is 35.0 Å². The number of nitrogens with zero attached hydrogens (tertiary/aromatic N) is 3. The lowest BCUT2D eigenvalue weighted by atomic mass is 9.91. The molecule has 0 saturated carbocycles. The van der Waals surface area contributed by atoms with E-state index in [9.17, 15) is 4.79 Å². The monoisotopic (exact) mass is 402 g/mol. The van der Waals surface area contributed by atoms with Crippen LogP contribution in [0.3, 0.4) is 0 Å². The summed E-state index contributed by atoms with van der Waals surface area (Å²) in [6.45, 7) is 2.82. The molecular formula is C18H19BrN4O2. The van der Waals surface area contributed by atoms with Gasteiger partial charge in [0.2, 0.25) is 5.58 Å². The summed E-state index contributed by atoms with van der Waals surface area (Å²) in [6, 6.07) is 6.88. The minimum atomic E-state index is -0.202. The van der Waals surface area contributed by atoms with Crippen LogP contribution < -0.4 is 5.56 Å². The molecule has 1 aromatic carbocycles. The fourth-order valence-electron chi connectivity index (χ4n) is 4.26. The first-order valence-electron chi connectivity index (χ1n) is 8.64. The number of H-pyrrole nitrogens is 1. The van der Waals surface area contributed by atoms with E-state index in [1.165, 1.54) is 12.8 Å². The Labute approximate surface area is 152 Å². The third-order valence-corrected chi connectivity index (χ3v) is 6.10. The molecule has 0 unspecified atom stereocenters. The van der Waals surface area contributed by atoms with Crippen molar-refractivity contribution in [3.05, 3.63) is 38.9 Å². The number of hydrogen-bond donors (Lipinski definition) is 1. The molecular weight excluding hydrogens is 384 g/mol. The maximum atomic E-state index is 12.5. The molecule has 3 aliphatic heterocycles. The molecule has 3 fully saturated rings. The van der Waals surface area contributed by atoms with Crippen molar-refractivity contribution in [1.29, 1.82) is 0 Å². The van der Waals surface area contributed by atoms with Crippen LogP contribution in [0.25, 0.3) is 22.1 Å². The van der Waals surface area contributed by atoms with Crippen molar-refractivity contribution in [1.82, 2.24) is 19.8 Å². The zero-order chi connectivity index (χ0) is 17.1. The molecule has 6 nitrogen and oxygen atoms in total. The molecule has 0 aliphatic carbocycles. The van der Waals surface area contributed by atoms with Crippen molar-refractivity contribution in [3.8, 4) is 0 Å². The third-order valence-electron chi connectivity index (χ3n) is 5.60. The molecule has 3 aliphatic rings. The zero-order valence-corrected chi connectivity index (χ0v) is 15.5. The number of likely N-dealkylation sites (N-methyl/N-ethyl adjacent to an activating group) is 1. The van der Waals surface area contributed by atoms with E-state index in [0.717, 1.165) is 28.8 Å². The van der Waals surface area contributed by atoms with Crippen molar-refractivity contribution >= 4 is 38.0 Å². The van der Waals surface area contributed by atoms with Crippen molar-refractivity contribution < 1.29 is 4.42 Å². The van der Waals surface area contributed by atoms with Crippen LogP contribution in [0, 0.1) is 0 Å². The lowest BCUT2D eigenvalue weighted by molar-refractivity contribution is -0.0123. The second-order valence-electron chi connectivity index (χ2n) is 7.19. The van der Waals surface area contributed by atoms with E-state index < -0.39 is 0 Å². The Bertz CT molecular complexity index is 1030. The summed E-state index contributed by atoms with van der Waals surface area (Å²) in [4.78, 5) is 25.0. The van der Waals surface area contributed by atoms with Gasteiger partial charge in [-0.1, -0.05) is 15.9 Å². The second-order valence-corrected chi connectivity index (χ2v) is 8.10. The number of piperazine rings is 1. The summed E-state index contributed by atoms with van der Waals surface area (Å²) >= 11 is 3.48. The number of piperidine rings is 2. The van der Waals surface area contributed by atoms with Crippen LogP contribution in [0.1, 0.15) is 18.7 Å². The minimum Gasteiger partial charge on any atom is -0.449 e. The summed E-state index contributed by atoms with van der Waals surface area (Å²) < 4.78 is 6.65. The van der Waals surface area contributed by atoms with Crippen LogP contribution >= 0.6 is 15.9 Å². The second kappa shape index (κ2) is 5.65. The van der Waals surface area contributed by atoms with Gasteiger partial charge in [0.25, 0.3) is 5.56 Å². The lowest BCUT2D eigenvalue weighted by Gasteiger charge is -2.50. The van der Waals surface area contributed by atoms with Crippen LogP contribution in [-0.2, 0) is 6.54 Å². The number of halogens is 1. The number of rotatable bonds is 2. The third kappa shape index (κ3) is 2.53. The summed E-state index contributed by atoms with van der Waals surface area (Å²) in [5.41, 5.74) is 1.43. The van der Waals surface area contributed by atoms with Gasteiger partial charge in [-0.25, -0.2) is 4.98 Å². The average Bonchev–Trinajstić information content (AvgIpc) is 2.95. The number of fused-ring (bicyclic) bond motifs is 6. The van der Waals surface area contributed by atoms with Gasteiger partial charge < -0.3 is 14.3 Å². The number of aromatic nitrogens is 2. The number of aromatic amines is 1. The normalized spacial score (nSPS) is 24.6. The molecule has 3 saturated heterocycles. The van der Waals surface area contributed by atoms with Crippen LogP contribution in [0.15, 0.2) is 31.9 Å².